The zero-order chi connectivity index (χ0) is 42.5. The van der Waals surface area contributed by atoms with Gasteiger partial charge in [0.15, 0.2) is 0 Å². The van der Waals surface area contributed by atoms with Crippen molar-refractivity contribution < 1.29 is 37.8 Å². The Morgan fingerprint density at radius 3 is 2.28 bits per heavy atom. The summed E-state index contributed by atoms with van der Waals surface area (Å²) in [6, 6.07) is 27.8. The first kappa shape index (κ1) is 43.8. The van der Waals surface area contributed by atoms with E-state index in [2.05, 4.69) is 15.6 Å². The maximum Gasteiger partial charge on any atom is 0.324 e. The molecule has 0 unspecified atom stereocenters. The van der Waals surface area contributed by atoms with E-state index in [1.54, 1.807) is 56.6 Å². The second kappa shape index (κ2) is 20.9. The standard InChI is InChI=1S/C45H53N6O8P/c1-31(2)40-29-43(51(50-40)34-11-9-10-32(24-34)30-60(5,6)53)49-45(52)47-39-14-15-41(38-13-8-7-12-37(38)39)59-44-16-17-46-42(48-44)27-33-25-35(55-4)28-36(26-33)58-23-22-57-21-20-56-19-18-54-3/h7-17,24-26,28-29,31H,18-23,27,30H2,1-6H3,(H2,47,49,52). The molecule has 0 saturated heterocycles. The highest BCUT2D eigenvalue weighted by Gasteiger charge is 2.18. The van der Waals surface area contributed by atoms with Crippen molar-refractivity contribution in [1.82, 2.24) is 19.7 Å². The van der Waals surface area contributed by atoms with Crippen LogP contribution in [0, 0.1) is 0 Å². The second-order valence-corrected chi connectivity index (χ2v) is 18.3. The number of amides is 2. The summed E-state index contributed by atoms with van der Waals surface area (Å²) in [6.45, 7) is 10.5. The number of nitrogens with one attached hydrogen (secondary N) is 2. The van der Waals surface area contributed by atoms with Gasteiger partial charge in [-0.1, -0.05) is 50.2 Å². The van der Waals surface area contributed by atoms with Gasteiger partial charge in [-0.2, -0.15) is 10.1 Å². The Kier molecular flexibility index (Phi) is 15.3. The molecule has 14 nitrogen and oxygen atoms in total. The molecular weight excluding hydrogens is 784 g/mol. The molecule has 2 aromatic heterocycles. The van der Waals surface area contributed by atoms with E-state index in [0.29, 0.717) is 92.7 Å². The van der Waals surface area contributed by atoms with E-state index in [1.807, 2.05) is 86.6 Å². The van der Waals surface area contributed by atoms with Gasteiger partial charge in [0, 0.05) is 54.9 Å². The average Bonchev–Trinajstić information content (AvgIpc) is 3.64. The quantitative estimate of drug-likeness (QED) is 0.0526. The number of urea groups is 1. The molecular formula is C45H53N6O8P. The van der Waals surface area contributed by atoms with Crippen molar-refractivity contribution in [1.29, 1.82) is 0 Å². The summed E-state index contributed by atoms with van der Waals surface area (Å²) in [5.74, 6) is 3.39. The average molecular weight is 837 g/mol. The Labute approximate surface area is 350 Å². The van der Waals surface area contributed by atoms with Gasteiger partial charge in [-0.15, -0.1) is 0 Å². The Bertz CT molecular complexity index is 2420. The lowest BCUT2D eigenvalue weighted by atomic mass is 10.1. The van der Waals surface area contributed by atoms with Crippen LogP contribution < -0.4 is 24.8 Å². The van der Waals surface area contributed by atoms with Crippen LogP contribution in [-0.2, 0) is 31.4 Å². The normalized spacial score (nSPS) is 11.5. The molecule has 0 aliphatic rings. The Morgan fingerprint density at radius 1 is 0.783 bits per heavy atom. The van der Waals surface area contributed by atoms with Crippen LogP contribution in [0.25, 0.3) is 16.5 Å². The summed E-state index contributed by atoms with van der Waals surface area (Å²) in [4.78, 5) is 22.8. The molecule has 316 valence electrons. The number of hydrogen-bond acceptors (Lipinski definition) is 11. The van der Waals surface area contributed by atoms with E-state index >= 15 is 0 Å². The molecule has 0 spiro atoms. The minimum atomic E-state index is -2.29. The van der Waals surface area contributed by atoms with Crippen molar-refractivity contribution in [3.63, 3.8) is 0 Å². The number of carbonyl (C=O) groups excluding carboxylic acids is 1. The molecule has 15 heteroatoms. The largest absolute Gasteiger partial charge is 0.497 e. The number of nitrogens with zero attached hydrogens (tertiary/aromatic N) is 4. The number of hydrogen-bond donors (Lipinski definition) is 2. The first-order valence-corrected chi connectivity index (χ1v) is 22.5. The molecule has 2 heterocycles. The fourth-order valence-corrected chi connectivity index (χ4v) is 7.44. The van der Waals surface area contributed by atoms with E-state index in [4.69, 9.17) is 38.5 Å². The van der Waals surface area contributed by atoms with Gasteiger partial charge in [-0.3, -0.25) is 5.32 Å². The van der Waals surface area contributed by atoms with Gasteiger partial charge in [-0.05, 0) is 66.8 Å². The molecule has 0 saturated carbocycles. The van der Waals surface area contributed by atoms with Crippen molar-refractivity contribution >= 4 is 35.5 Å². The van der Waals surface area contributed by atoms with Crippen LogP contribution in [0.5, 0.6) is 23.1 Å². The lowest BCUT2D eigenvalue weighted by Crippen LogP contribution is -2.21. The summed E-state index contributed by atoms with van der Waals surface area (Å²) in [5.41, 5.74) is 4.01. The van der Waals surface area contributed by atoms with Crippen LogP contribution in [0.4, 0.5) is 16.3 Å². The van der Waals surface area contributed by atoms with E-state index in [0.717, 1.165) is 33.3 Å². The second-order valence-electron chi connectivity index (χ2n) is 14.8. The maximum absolute atomic E-state index is 13.6. The molecule has 0 fully saturated rings. The predicted molar refractivity (Wildman–Crippen MR) is 234 cm³/mol. The molecule has 0 aliphatic carbocycles. The van der Waals surface area contributed by atoms with Crippen LogP contribution in [-0.4, -0.2) is 93.0 Å². The molecule has 0 radical (unpaired) electrons. The number of fused-ring (bicyclic) bond motifs is 1. The molecule has 0 atom stereocenters. The van der Waals surface area contributed by atoms with Gasteiger partial charge in [0.1, 0.15) is 35.5 Å². The number of anilines is 2. The van der Waals surface area contributed by atoms with Crippen molar-refractivity contribution in [2.75, 3.05) is 77.8 Å². The molecule has 6 aromatic rings. The number of carbonyl (C=O) groups is 1. The first-order valence-electron chi connectivity index (χ1n) is 19.8. The van der Waals surface area contributed by atoms with Crippen molar-refractivity contribution in [2.45, 2.75) is 32.3 Å². The van der Waals surface area contributed by atoms with Gasteiger partial charge in [0.05, 0.1) is 64.4 Å². The third kappa shape index (κ3) is 12.6. The summed E-state index contributed by atoms with van der Waals surface area (Å²) in [5, 5.41) is 12.4. The third-order valence-corrected chi connectivity index (χ3v) is 10.3. The number of benzene rings is 4. The smallest absolute Gasteiger partial charge is 0.324 e. The zero-order valence-electron chi connectivity index (χ0n) is 35.0. The number of ether oxygens (including phenoxy) is 6. The number of aromatic nitrogens is 4. The van der Waals surface area contributed by atoms with Crippen LogP contribution in [0.1, 0.15) is 42.4 Å². The highest BCUT2D eigenvalue weighted by atomic mass is 31.2. The fraction of sp³-hybridized carbons (Fsp3) is 0.333. The molecule has 0 aliphatic heterocycles. The summed E-state index contributed by atoms with van der Waals surface area (Å²) in [6.07, 6.45) is 2.53. The van der Waals surface area contributed by atoms with E-state index in [-0.39, 0.29) is 5.92 Å². The van der Waals surface area contributed by atoms with E-state index < -0.39 is 13.2 Å². The zero-order valence-corrected chi connectivity index (χ0v) is 35.9. The highest BCUT2D eigenvalue weighted by Crippen LogP contribution is 2.41. The monoisotopic (exact) mass is 836 g/mol. The molecule has 60 heavy (non-hydrogen) atoms. The molecule has 2 N–H and O–H groups in total. The van der Waals surface area contributed by atoms with Gasteiger partial charge in [0.2, 0.25) is 5.88 Å². The van der Waals surface area contributed by atoms with Crippen LogP contribution in [0.2, 0.25) is 0 Å². The SMILES string of the molecule is COCCOCCOCCOc1cc(Cc2nccc(Oc3ccc(NC(=O)Nc4cc(C(C)C)nn4-c4cccc(CP(C)(C)=O)c4)c4ccccc34)n2)cc(OC)c1. The number of methoxy groups -OCH3 is 2. The topological polar surface area (TPSA) is 157 Å². The minimum Gasteiger partial charge on any atom is -0.497 e. The summed E-state index contributed by atoms with van der Waals surface area (Å²) in [7, 11) is 0.951. The maximum atomic E-state index is 13.6. The molecule has 6 rings (SSSR count). The Morgan fingerprint density at radius 2 is 1.53 bits per heavy atom. The van der Waals surface area contributed by atoms with Gasteiger partial charge < -0.3 is 38.3 Å². The fourth-order valence-electron chi connectivity index (χ4n) is 6.37. The molecule has 2 amide bonds. The van der Waals surface area contributed by atoms with Gasteiger partial charge in [0.25, 0.3) is 0 Å². The molecule has 0 bridgehead atoms. The van der Waals surface area contributed by atoms with E-state index in [9.17, 15) is 9.36 Å². The Hall–Kier alpha value is -5.79. The number of rotatable bonds is 21. The van der Waals surface area contributed by atoms with E-state index in [1.165, 1.54) is 0 Å². The van der Waals surface area contributed by atoms with Crippen molar-refractivity contribution in [3.8, 4) is 28.8 Å². The molecule has 4 aromatic carbocycles. The summed E-state index contributed by atoms with van der Waals surface area (Å²) < 4.78 is 48.1. The predicted octanol–water partition coefficient (Wildman–Crippen LogP) is 9.16. The van der Waals surface area contributed by atoms with Crippen molar-refractivity contribution in [2.24, 2.45) is 0 Å². The first-order chi connectivity index (χ1) is 29.0. The van der Waals surface area contributed by atoms with Crippen molar-refractivity contribution in [3.05, 3.63) is 120 Å². The Balaban J connectivity index is 1.12. The third-order valence-electron chi connectivity index (χ3n) is 9.14. The summed E-state index contributed by atoms with van der Waals surface area (Å²) >= 11 is 0. The lowest BCUT2D eigenvalue weighted by molar-refractivity contribution is 0.0179. The van der Waals surface area contributed by atoms with Crippen LogP contribution in [0.3, 0.4) is 0 Å². The minimum absolute atomic E-state index is 0.126. The highest BCUT2D eigenvalue weighted by molar-refractivity contribution is 7.61. The van der Waals surface area contributed by atoms with Crippen LogP contribution in [0.15, 0.2) is 97.2 Å². The van der Waals surface area contributed by atoms with Crippen LogP contribution >= 0.6 is 7.14 Å². The lowest BCUT2D eigenvalue weighted by Gasteiger charge is -2.15. The van der Waals surface area contributed by atoms with Gasteiger partial charge >= 0.3 is 6.03 Å². The van der Waals surface area contributed by atoms with Gasteiger partial charge in [-0.25, -0.2) is 14.5 Å².